The molecule has 0 aliphatic rings. The van der Waals surface area contributed by atoms with E-state index in [0.29, 0.717) is 0 Å². The SMILES string of the molecule is COc1cc(C)cc(C)c1CCN(C)C#N. The number of likely N-dealkylation sites (N-methyl/N-ethyl adjacent to an activating group) is 1. The van der Waals surface area contributed by atoms with Gasteiger partial charge in [0.2, 0.25) is 0 Å². The minimum atomic E-state index is 0.719. The van der Waals surface area contributed by atoms with Crippen molar-refractivity contribution in [3.8, 4) is 11.9 Å². The molecule has 1 rings (SSSR count). The highest BCUT2D eigenvalue weighted by atomic mass is 16.5. The Labute approximate surface area is 97.3 Å². The fourth-order valence-electron chi connectivity index (χ4n) is 1.79. The maximum atomic E-state index is 8.70. The quantitative estimate of drug-likeness (QED) is 0.574. The average molecular weight is 218 g/mol. The van der Waals surface area contributed by atoms with Crippen LogP contribution in [0, 0.1) is 25.3 Å². The van der Waals surface area contributed by atoms with Crippen molar-refractivity contribution in [2.45, 2.75) is 20.3 Å². The molecule has 0 unspecified atom stereocenters. The molecule has 86 valence electrons. The van der Waals surface area contributed by atoms with Crippen molar-refractivity contribution < 1.29 is 4.74 Å². The lowest BCUT2D eigenvalue weighted by molar-refractivity contribution is 0.403. The maximum absolute atomic E-state index is 8.70. The standard InChI is InChI=1S/C13H18N2O/c1-10-7-11(2)12(13(8-10)16-4)5-6-15(3)9-14/h7-8H,5-6H2,1-4H3. The van der Waals surface area contributed by atoms with Gasteiger partial charge in [0.15, 0.2) is 6.19 Å². The Bertz CT molecular complexity index is 407. The second-order valence-corrected chi connectivity index (χ2v) is 4.03. The summed E-state index contributed by atoms with van der Waals surface area (Å²) in [5, 5.41) is 8.70. The molecule has 0 spiro atoms. The van der Waals surface area contributed by atoms with E-state index in [-0.39, 0.29) is 0 Å². The lowest BCUT2D eigenvalue weighted by Crippen LogP contribution is -2.15. The highest BCUT2D eigenvalue weighted by Crippen LogP contribution is 2.24. The van der Waals surface area contributed by atoms with Crippen LogP contribution in [0.25, 0.3) is 0 Å². The summed E-state index contributed by atoms with van der Waals surface area (Å²) in [6, 6.07) is 4.18. The van der Waals surface area contributed by atoms with Crippen molar-refractivity contribution in [2.24, 2.45) is 0 Å². The normalized spacial score (nSPS) is 9.69. The molecule has 0 amide bonds. The first-order valence-corrected chi connectivity index (χ1v) is 5.33. The molecule has 0 fully saturated rings. The Hall–Kier alpha value is -1.69. The van der Waals surface area contributed by atoms with Crippen molar-refractivity contribution in [1.82, 2.24) is 4.90 Å². The summed E-state index contributed by atoms with van der Waals surface area (Å²) in [5.74, 6) is 0.920. The molecule has 3 heteroatoms. The molecule has 0 atom stereocenters. The highest BCUT2D eigenvalue weighted by molar-refractivity contribution is 5.43. The Kier molecular flexibility index (Phi) is 4.19. The van der Waals surface area contributed by atoms with Gasteiger partial charge in [-0.1, -0.05) is 6.07 Å². The summed E-state index contributed by atoms with van der Waals surface area (Å²) in [7, 11) is 3.47. The molecule has 1 aromatic carbocycles. The van der Waals surface area contributed by atoms with E-state index in [9.17, 15) is 0 Å². The predicted octanol–water partition coefficient (Wildman–Crippen LogP) is 2.27. The molecule has 0 bridgehead atoms. The third kappa shape index (κ3) is 2.90. The molecule has 0 saturated carbocycles. The number of aryl methyl sites for hydroxylation is 2. The van der Waals surface area contributed by atoms with Gasteiger partial charge in [-0.3, -0.25) is 0 Å². The lowest BCUT2D eigenvalue weighted by atomic mass is 10.0. The van der Waals surface area contributed by atoms with E-state index in [1.54, 1.807) is 19.1 Å². The van der Waals surface area contributed by atoms with Gasteiger partial charge in [0.05, 0.1) is 7.11 Å². The first-order chi connectivity index (χ1) is 7.58. The van der Waals surface area contributed by atoms with Crippen LogP contribution >= 0.6 is 0 Å². The number of hydrogen-bond acceptors (Lipinski definition) is 3. The molecule has 0 radical (unpaired) electrons. The number of methoxy groups -OCH3 is 1. The van der Waals surface area contributed by atoms with Crippen molar-refractivity contribution in [2.75, 3.05) is 20.7 Å². The van der Waals surface area contributed by atoms with Gasteiger partial charge in [-0.2, -0.15) is 5.26 Å². The van der Waals surface area contributed by atoms with Crippen LogP contribution in [-0.2, 0) is 6.42 Å². The summed E-state index contributed by atoms with van der Waals surface area (Å²) in [5.41, 5.74) is 3.62. The van der Waals surface area contributed by atoms with Gasteiger partial charge in [-0.15, -0.1) is 0 Å². The molecule has 16 heavy (non-hydrogen) atoms. The number of rotatable bonds is 4. The fraction of sp³-hybridized carbons (Fsp3) is 0.462. The topological polar surface area (TPSA) is 36.3 Å². The van der Waals surface area contributed by atoms with Crippen molar-refractivity contribution in [1.29, 1.82) is 5.26 Å². The van der Waals surface area contributed by atoms with Crippen molar-refractivity contribution in [3.05, 3.63) is 28.8 Å². The van der Waals surface area contributed by atoms with Crippen LogP contribution in [-0.4, -0.2) is 25.6 Å². The van der Waals surface area contributed by atoms with Crippen LogP contribution in [0.15, 0.2) is 12.1 Å². The molecule has 0 aliphatic heterocycles. The molecular weight excluding hydrogens is 200 g/mol. The smallest absolute Gasteiger partial charge is 0.179 e. The Morgan fingerprint density at radius 2 is 2.06 bits per heavy atom. The zero-order chi connectivity index (χ0) is 12.1. The predicted molar refractivity (Wildman–Crippen MR) is 64.4 cm³/mol. The fourth-order valence-corrected chi connectivity index (χ4v) is 1.79. The summed E-state index contributed by atoms with van der Waals surface area (Å²) in [4.78, 5) is 1.62. The third-order valence-corrected chi connectivity index (χ3v) is 2.66. The molecule has 0 saturated heterocycles. The van der Waals surface area contributed by atoms with E-state index in [1.807, 2.05) is 6.07 Å². The van der Waals surface area contributed by atoms with Crippen LogP contribution in [0.4, 0.5) is 0 Å². The average Bonchev–Trinajstić information content (AvgIpc) is 2.26. The number of nitriles is 1. The Balaban J connectivity index is 2.90. The van der Waals surface area contributed by atoms with Crippen LogP contribution in [0.2, 0.25) is 0 Å². The maximum Gasteiger partial charge on any atom is 0.179 e. The molecule has 0 aromatic heterocycles. The molecular formula is C13H18N2O. The number of nitrogens with zero attached hydrogens (tertiary/aromatic N) is 2. The Morgan fingerprint density at radius 1 is 1.38 bits per heavy atom. The van der Waals surface area contributed by atoms with Gasteiger partial charge in [-0.25, -0.2) is 0 Å². The summed E-state index contributed by atoms with van der Waals surface area (Å²) in [6.45, 7) is 4.86. The molecule has 0 N–H and O–H groups in total. The van der Waals surface area contributed by atoms with E-state index in [0.717, 1.165) is 18.7 Å². The third-order valence-electron chi connectivity index (χ3n) is 2.66. The van der Waals surface area contributed by atoms with Crippen LogP contribution in [0.3, 0.4) is 0 Å². The van der Waals surface area contributed by atoms with Crippen LogP contribution < -0.4 is 4.74 Å². The first kappa shape index (κ1) is 12.4. The zero-order valence-electron chi connectivity index (χ0n) is 10.4. The Morgan fingerprint density at radius 3 is 2.62 bits per heavy atom. The van der Waals surface area contributed by atoms with E-state index < -0.39 is 0 Å². The molecule has 1 aromatic rings. The summed E-state index contributed by atoms with van der Waals surface area (Å²) >= 11 is 0. The number of benzene rings is 1. The van der Waals surface area contributed by atoms with Crippen molar-refractivity contribution >= 4 is 0 Å². The van der Waals surface area contributed by atoms with E-state index >= 15 is 0 Å². The van der Waals surface area contributed by atoms with Gasteiger partial charge in [0.1, 0.15) is 5.75 Å². The summed E-state index contributed by atoms with van der Waals surface area (Å²) < 4.78 is 5.37. The first-order valence-electron chi connectivity index (χ1n) is 5.33. The van der Waals surface area contributed by atoms with Crippen molar-refractivity contribution in [3.63, 3.8) is 0 Å². The molecule has 0 aliphatic carbocycles. The van der Waals surface area contributed by atoms with Crippen LogP contribution in [0.5, 0.6) is 5.75 Å². The molecule has 3 nitrogen and oxygen atoms in total. The van der Waals surface area contributed by atoms with Gasteiger partial charge in [0.25, 0.3) is 0 Å². The second kappa shape index (κ2) is 5.41. The van der Waals surface area contributed by atoms with Gasteiger partial charge in [-0.05, 0) is 43.0 Å². The lowest BCUT2D eigenvalue weighted by Gasteiger charge is -2.15. The summed E-state index contributed by atoms with van der Waals surface area (Å²) in [6.07, 6.45) is 2.93. The van der Waals surface area contributed by atoms with Gasteiger partial charge >= 0.3 is 0 Å². The van der Waals surface area contributed by atoms with E-state index in [1.165, 1.54) is 16.7 Å². The minimum Gasteiger partial charge on any atom is -0.496 e. The highest BCUT2D eigenvalue weighted by Gasteiger charge is 2.08. The van der Waals surface area contributed by atoms with Gasteiger partial charge in [0, 0.05) is 13.6 Å². The van der Waals surface area contributed by atoms with Gasteiger partial charge < -0.3 is 9.64 Å². The molecule has 0 heterocycles. The van der Waals surface area contributed by atoms with Crippen LogP contribution in [0.1, 0.15) is 16.7 Å². The number of hydrogen-bond donors (Lipinski definition) is 0. The monoisotopic (exact) mass is 218 g/mol. The second-order valence-electron chi connectivity index (χ2n) is 4.03. The van der Waals surface area contributed by atoms with E-state index in [2.05, 4.69) is 26.1 Å². The minimum absolute atomic E-state index is 0.719. The number of ether oxygens (including phenoxy) is 1. The zero-order valence-corrected chi connectivity index (χ0v) is 10.4. The van der Waals surface area contributed by atoms with E-state index in [4.69, 9.17) is 10.00 Å². The largest absolute Gasteiger partial charge is 0.496 e.